The summed E-state index contributed by atoms with van der Waals surface area (Å²) in [6.07, 6.45) is 7.30. The molecule has 1 N–H and O–H groups in total. The summed E-state index contributed by atoms with van der Waals surface area (Å²) in [6, 6.07) is 6.43. The minimum Gasteiger partial charge on any atom is -0.507 e. The normalized spacial score (nSPS) is 20.9. The van der Waals surface area contributed by atoms with Crippen molar-refractivity contribution in [2.24, 2.45) is 0 Å². The van der Waals surface area contributed by atoms with Gasteiger partial charge in [0.25, 0.3) is 11.5 Å². The fraction of sp³-hybridized carbons (Fsp3) is 0.395. The number of aryl methyl sites for hydroxylation is 1. The molecule has 0 spiro atoms. The number of phenolic OH excluding ortho intramolecular Hbond substituents is 1. The third kappa shape index (κ3) is 5.65. The number of aromatic hydroxyl groups is 1. The molecular weight excluding hydrogens is 673 g/mol. The molecule has 6 heterocycles. The molecule has 2 amide bonds. The van der Waals surface area contributed by atoms with Crippen molar-refractivity contribution in [1.82, 2.24) is 24.3 Å². The maximum atomic E-state index is 15.3. The topological polar surface area (TPSA) is 115 Å². The SMILES string of the molecule is Cc1ccnc(C(C)C)c1-n1c(=O)c2c(c3cc(Cl)c(-c4c(O)cccc4F)nc31)N1C[C@@H](C)N(C(=O)/C=C/[C@H]3CCCN3C)C[C@@H]1C(=O)N2C. The number of benzene rings is 1. The van der Waals surface area contributed by atoms with Crippen LogP contribution in [0.3, 0.4) is 0 Å². The Hall–Kier alpha value is -4.81. The van der Waals surface area contributed by atoms with E-state index in [2.05, 4.69) is 9.88 Å². The van der Waals surface area contributed by atoms with Crippen LogP contribution in [0.2, 0.25) is 5.02 Å². The van der Waals surface area contributed by atoms with Crippen LogP contribution in [0.15, 0.2) is 53.5 Å². The molecule has 1 aromatic carbocycles. The molecule has 0 aliphatic carbocycles. The van der Waals surface area contributed by atoms with E-state index >= 15 is 4.39 Å². The highest BCUT2D eigenvalue weighted by Crippen LogP contribution is 2.45. The van der Waals surface area contributed by atoms with Gasteiger partial charge in [0.15, 0.2) is 5.65 Å². The van der Waals surface area contributed by atoms with Gasteiger partial charge in [0, 0.05) is 43.3 Å². The molecule has 266 valence electrons. The third-order valence-electron chi connectivity index (χ3n) is 10.5. The molecule has 7 rings (SSSR count). The van der Waals surface area contributed by atoms with Crippen LogP contribution in [0.4, 0.5) is 15.8 Å². The minimum absolute atomic E-state index is 0.0409. The molecule has 0 unspecified atom stereocenters. The summed E-state index contributed by atoms with van der Waals surface area (Å²) in [6.45, 7) is 9.07. The van der Waals surface area contributed by atoms with Gasteiger partial charge >= 0.3 is 0 Å². The molecule has 2 fully saturated rings. The number of carbonyl (C=O) groups excluding carboxylic acids is 2. The number of amides is 2. The lowest BCUT2D eigenvalue weighted by atomic mass is 9.98. The molecule has 3 aliphatic heterocycles. The molecule has 0 bridgehead atoms. The third-order valence-corrected chi connectivity index (χ3v) is 10.8. The number of pyridine rings is 3. The van der Waals surface area contributed by atoms with Crippen LogP contribution < -0.4 is 15.4 Å². The molecule has 0 saturated carbocycles. The fourth-order valence-electron chi connectivity index (χ4n) is 7.81. The van der Waals surface area contributed by atoms with E-state index in [0.29, 0.717) is 22.5 Å². The molecule has 11 nitrogen and oxygen atoms in total. The monoisotopic (exact) mass is 713 g/mol. The summed E-state index contributed by atoms with van der Waals surface area (Å²) in [4.78, 5) is 59.4. The molecule has 13 heteroatoms. The molecule has 3 aromatic heterocycles. The number of nitrogens with zero attached hydrogens (tertiary/aromatic N) is 7. The van der Waals surface area contributed by atoms with Crippen molar-refractivity contribution >= 4 is 45.8 Å². The highest BCUT2D eigenvalue weighted by Gasteiger charge is 2.46. The van der Waals surface area contributed by atoms with Crippen molar-refractivity contribution in [1.29, 1.82) is 0 Å². The van der Waals surface area contributed by atoms with Crippen LogP contribution >= 0.6 is 11.6 Å². The average molecular weight is 714 g/mol. The van der Waals surface area contributed by atoms with Gasteiger partial charge in [-0.1, -0.05) is 37.6 Å². The second-order valence-electron chi connectivity index (χ2n) is 14.1. The standard InChI is InChI=1S/C38H41ClFN7O4/c1-20(2)31-33(21(3)14-15-41-31)47-36-24(17-25(39)32(42-36)30-26(40)10-7-11-28(30)48)34-35(38(47)51)44(6)37(50)27-19-45(22(4)18-46(27)34)29(49)13-12-23-9-8-16-43(23)5/h7,10-15,17,20,22-23,27,48H,8-9,16,18-19H2,1-6H3/b13-12+/t22-,23-,27-/m1/s1. The van der Waals surface area contributed by atoms with E-state index < -0.39 is 17.4 Å². The first-order chi connectivity index (χ1) is 24.3. The summed E-state index contributed by atoms with van der Waals surface area (Å²) in [5, 5.41) is 11.3. The number of likely N-dealkylation sites (tertiary alicyclic amines) is 1. The van der Waals surface area contributed by atoms with E-state index in [9.17, 15) is 19.5 Å². The van der Waals surface area contributed by atoms with Crippen LogP contribution in [0, 0.1) is 12.7 Å². The van der Waals surface area contributed by atoms with Gasteiger partial charge in [-0.05, 0) is 76.0 Å². The molecule has 51 heavy (non-hydrogen) atoms. The molecule has 3 aliphatic rings. The van der Waals surface area contributed by atoms with Crippen molar-refractivity contribution in [2.75, 3.05) is 43.5 Å². The van der Waals surface area contributed by atoms with Crippen molar-refractivity contribution in [2.45, 2.75) is 64.6 Å². The lowest BCUT2D eigenvalue weighted by Gasteiger charge is -2.49. The van der Waals surface area contributed by atoms with Crippen molar-refractivity contribution < 1.29 is 19.1 Å². The van der Waals surface area contributed by atoms with Gasteiger partial charge in [0.05, 0.1) is 39.9 Å². The zero-order valence-electron chi connectivity index (χ0n) is 29.5. The van der Waals surface area contributed by atoms with Gasteiger partial charge in [0.2, 0.25) is 5.91 Å². The number of hydrogen-bond donors (Lipinski definition) is 1. The maximum absolute atomic E-state index is 15.3. The first-order valence-corrected chi connectivity index (χ1v) is 17.6. The molecule has 4 aromatic rings. The van der Waals surface area contributed by atoms with E-state index in [0.717, 1.165) is 24.9 Å². The lowest BCUT2D eigenvalue weighted by molar-refractivity contribution is -0.130. The summed E-state index contributed by atoms with van der Waals surface area (Å²) < 4.78 is 16.8. The summed E-state index contributed by atoms with van der Waals surface area (Å²) in [5.74, 6) is -1.68. The van der Waals surface area contributed by atoms with Gasteiger partial charge in [-0.3, -0.25) is 28.8 Å². The largest absolute Gasteiger partial charge is 0.507 e. The maximum Gasteiger partial charge on any atom is 0.283 e. The van der Waals surface area contributed by atoms with Crippen LogP contribution in [0.1, 0.15) is 50.8 Å². The van der Waals surface area contributed by atoms with Gasteiger partial charge in [-0.2, -0.15) is 0 Å². The number of likely N-dealkylation sites (N-methyl/N-ethyl adjacent to an activating group) is 2. The summed E-state index contributed by atoms with van der Waals surface area (Å²) in [7, 11) is 3.61. The molecule has 2 saturated heterocycles. The fourth-order valence-corrected chi connectivity index (χ4v) is 8.05. The number of halogens is 2. The van der Waals surface area contributed by atoms with Crippen LogP contribution in [-0.4, -0.2) is 93.1 Å². The van der Waals surface area contributed by atoms with Gasteiger partial charge in [0.1, 0.15) is 23.3 Å². The Morgan fingerprint density at radius 1 is 1.12 bits per heavy atom. The first kappa shape index (κ1) is 34.6. The minimum atomic E-state index is -0.788. The molecule has 3 atom stereocenters. The lowest BCUT2D eigenvalue weighted by Crippen LogP contribution is -2.66. The summed E-state index contributed by atoms with van der Waals surface area (Å²) in [5.41, 5.74) is 1.86. The van der Waals surface area contributed by atoms with Crippen LogP contribution in [-0.2, 0) is 9.59 Å². The Morgan fingerprint density at radius 3 is 2.57 bits per heavy atom. The highest BCUT2D eigenvalue weighted by molar-refractivity contribution is 6.34. The number of aromatic nitrogens is 3. The Labute approximate surface area is 300 Å². The van der Waals surface area contributed by atoms with E-state index in [-0.39, 0.29) is 76.3 Å². The Kier molecular flexibility index (Phi) is 8.87. The number of carbonyl (C=O) groups is 2. The molecular formula is C38H41ClFN7O4. The first-order valence-electron chi connectivity index (χ1n) is 17.3. The van der Waals surface area contributed by atoms with E-state index in [1.807, 2.05) is 45.7 Å². The van der Waals surface area contributed by atoms with Gasteiger partial charge in [-0.15, -0.1) is 0 Å². The zero-order valence-corrected chi connectivity index (χ0v) is 30.3. The Bertz CT molecular complexity index is 2170. The second kappa shape index (κ2) is 13.1. The number of fused-ring (bicyclic) bond motifs is 5. The predicted octanol–water partition coefficient (Wildman–Crippen LogP) is 5.41. The van der Waals surface area contributed by atoms with Crippen LogP contribution in [0.25, 0.3) is 28.0 Å². The number of piperazine rings is 1. The Balaban J connectivity index is 1.45. The van der Waals surface area contributed by atoms with E-state index in [4.69, 9.17) is 16.6 Å². The van der Waals surface area contributed by atoms with Gasteiger partial charge in [-0.25, -0.2) is 9.37 Å². The smallest absolute Gasteiger partial charge is 0.283 e. The second-order valence-corrected chi connectivity index (χ2v) is 14.5. The van der Waals surface area contributed by atoms with Crippen molar-refractivity contribution in [3.05, 3.63) is 81.1 Å². The Morgan fingerprint density at radius 2 is 1.88 bits per heavy atom. The van der Waals surface area contributed by atoms with Crippen LogP contribution in [0.5, 0.6) is 5.75 Å². The highest BCUT2D eigenvalue weighted by atomic mass is 35.5. The number of phenols is 1. The average Bonchev–Trinajstić information content (AvgIpc) is 3.50. The number of hydrogen-bond acceptors (Lipinski definition) is 8. The van der Waals surface area contributed by atoms with E-state index in [1.165, 1.54) is 27.7 Å². The number of rotatable bonds is 5. The number of anilines is 2. The van der Waals surface area contributed by atoms with Crippen molar-refractivity contribution in [3.63, 3.8) is 0 Å². The van der Waals surface area contributed by atoms with Gasteiger partial charge < -0.3 is 19.8 Å². The van der Waals surface area contributed by atoms with Crippen molar-refractivity contribution in [3.8, 4) is 22.7 Å². The predicted molar refractivity (Wildman–Crippen MR) is 197 cm³/mol. The molecule has 0 radical (unpaired) electrons. The quantitative estimate of drug-likeness (QED) is 0.273. The van der Waals surface area contributed by atoms with E-state index in [1.54, 1.807) is 36.4 Å². The zero-order chi connectivity index (χ0) is 36.5. The summed E-state index contributed by atoms with van der Waals surface area (Å²) >= 11 is 6.90.